The Balaban J connectivity index is 1.34. The second-order valence-corrected chi connectivity index (χ2v) is 10.8. The Morgan fingerprint density at radius 3 is 2.44 bits per heavy atom. The van der Waals surface area contributed by atoms with Gasteiger partial charge >= 0.3 is 6.03 Å². The van der Waals surface area contributed by atoms with E-state index >= 15 is 0 Å². The molecule has 2 heterocycles. The van der Waals surface area contributed by atoms with Gasteiger partial charge in [0.05, 0.1) is 25.4 Å². The number of nitrogens with one attached hydrogen (secondary N) is 2. The van der Waals surface area contributed by atoms with Crippen molar-refractivity contribution in [2.75, 3.05) is 26.2 Å². The Morgan fingerprint density at radius 2 is 1.71 bits per heavy atom. The summed E-state index contributed by atoms with van der Waals surface area (Å²) in [4.78, 5) is 14.3. The third kappa shape index (κ3) is 7.33. The van der Waals surface area contributed by atoms with Crippen LogP contribution >= 0.6 is 0 Å². The van der Waals surface area contributed by atoms with Gasteiger partial charge in [-0.2, -0.15) is 0 Å². The van der Waals surface area contributed by atoms with E-state index in [4.69, 9.17) is 9.47 Å². The minimum absolute atomic E-state index is 0.00908. The van der Waals surface area contributed by atoms with E-state index < -0.39 is 6.29 Å². The molecule has 4 unspecified atom stereocenters. The van der Waals surface area contributed by atoms with Crippen LogP contribution in [-0.2, 0) is 22.6 Å². The van der Waals surface area contributed by atoms with Crippen LogP contribution in [0.5, 0.6) is 0 Å². The van der Waals surface area contributed by atoms with E-state index in [2.05, 4.69) is 45.9 Å². The predicted molar refractivity (Wildman–Crippen MR) is 158 cm³/mol. The summed E-state index contributed by atoms with van der Waals surface area (Å²) in [6, 6.07) is 24.2. The molecule has 3 aromatic carbocycles. The maximum Gasteiger partial charge on any atom is 0.315 e. The summed E-state index contributed by atoms with van der Waals surface area (Å²) in [6.07, 6.45) is 2.08. The van der Waals surface area contributed by atoms with Gasteiger partial charge in [0, 0.05) is 37.7 Å². The number of ether oxygens (including phenoxy) is 2. The summed E-state index contributed by atoms with van der Waals surface area (Å²) in [5, 5.41) is 25.0. The molecule has 2 aliphatic rings. The van der Waals surface area contributed by atoms with Crippen molar-refractivity contribution < 1.29 is 24.5 Å². The monoisotopic (exact) mass is 559 g/mol. The Bertz CT molecular complexity index is 1270. The summed E-state index contributed by atoms with van der Waals surface area (Å²) >= 11 is 0. The quantitative estimate of drug-likeness (QED) is 0.288. The molecule has 218 valence electrons. The lowest BCUT2D eigenvalue weighted by Gasteiger charge is -2.38. The molecule has 3 aromatic rings. The second-order valence-electron chi connectivity index (χ2n) is 10.8. The van der Waals surface area contributed by atoms with Crippen LogP contribution in [0.2, 0.25) is 0 Å². The number of hydrogen-bond acceptors (Lipinski definition) is 6. The zero-order valence-corrected chi connectivity index (χ0v) is 23.7. The number of aliphatic hydroxyl groups is 2. The minimum Gasteiger partial charge on any atom is -0.395 e. The van der Waals surface area contributed by atoms with E-state index in [1.807, 2.05) is 49.4 Å². The molecule has 2 saturated heterocycles. The highest BCUT2D eigenvalue weighted by Crippen LogP contribution is 2.39. The van der Waals surface area contributed by atoms with Crippen molar-refractivity contribution in [1.82, 2.24) is 15.5 Å². The molecular weight excluding hydrogens is 518 g/mol. The summed E-state index contributed by atoms with van der Waals surface area (Å²) in [6.45, 7) is 4.80. The lowest BCUT2D eigenvalue weighted by molar-refractivity contribution is -0.253. The summed E-state index contributed by atoms with van der Waals surface area (Å²) in [7, 11) is 0. The molecule has 0 aromatic heterocycles. The fourth-order valence-corrected chi connectivity index (χ4v) is 5.81. The van der Waals surface area contributed by atoms with Crippen LogP contribution < -0.4 is 10.6 Å². The maximum atomic E-state index is 11.9. The summed E-state index contributed by atoms with van der Waals surface area (Å²) in [5.74, 6) is 0. The predicted octanol–water partition coefficient (Wildman–Crippen LogP) is 4.67. The average molecular weight is 560 g/mol. The molecule has 8 nitrogen and oxygen atoms in total. The number of hydrogen-bond donors (Lipinski definition) is 4. The number of rotatable bonds is 10. The van der Waals surface area contributed by atoms with Gasteiger partial charge in [-0.15, -0.1) is 0 Å². The van der Waals surface area contributed by atoms with E-state index in [1.165, 1.54) is 0 Å². The zero-order valence-electron chi connectivity index (χ0n) is 23.7. The number of carbonyl (C=O) groups is 1. The van der Waals surface area contributed by atoms with E-state index in [-0.39, 0.29) is 37.5 Å². The van der Waals surface area contributed by atoms with Gasteiger partial charge in [0.25, 0.3) is 0 Å². The molecule has 8 heteroatoms. The highest BCUT2D eigenvalue weighted by atomic mass is 16.7. The molecule has 4 atom stereocenters. The zero-order chi connectivity index (χ0) is 28.6. The maximum absolute atomic E-state index is 11.9. The Morgan fingerprint density at radius 1 is 0.951 bits per heavy atom. The largest absolute Gasteiger partial charge is 0.395 e. The van der Waals surface area contributed by atoms with Crippen molar-refractivity contribution in [3.05, 3.63) is 95.1 Å². The molecule has 0 spiro atoms. The van der Waals surface area contributed by atoms with Crippen LogP contribution in [0, 0.1) is 0 Å². The minimum atomic E-state index is -0.532. The van der Waals surface area contributed by atoms with Crippen molar-refractivity contribution in [2.24, 2.45) is 0 Å². The molecule has 5 rings (SSSR count). The van der Waals surface area contributed by atoms with Gasteiger partial charge in [-0.05, 0) is 54.1 Å². The van der Waals surface area contributed by atoms with Crippen molar-refractivity contribution in [3.8, 4) is 11.1 Å². The highest BCUT2D eigenvalue weighted by Gasteiger charge is 2.35. The topological polar surface area (TPSA) is 103 Å². The normalized spacial score (nSPS) is 22.9. The number of amides is 2. The summed E-state index contributed by atoms with van der Waals surface area (Å²) < 4.78 is 13.1. The number of urea groups is 1. The molecule has 0 aliphatic carbocycles. The number of benzene rings is 3. The number of likely N-dealkylation sites (tertiary alicyclic amines) is 1. The Hall–Kier alpha value is -3.27. The molecule has 2 fully saturated rings. The first-order valence-electron chi connectivity index (χ1n) is 14.6. The van der Waals surface area contributed by atoms with Gasteiger partial charge in [-0.1, -0.05) is 72.8 Å². The van der Waals surface area contributed by atoms with Gasteiger partial charge in [-0.3, -0.25) is 4.90 Å². The molecule has 2 aliphatic heterocycles. The lowest BCUT2D eigenvalue weighted by Crippen LogP contribution is -2.42. The van der Waals surface area contributed by atoms with Crippen LogP contribution in [0.25, 0.3) is 11.1 Å². The van der Waals surface area contributed by atoms with Gasteiger partial charge in [0.15, 0.2) is 6.29 Å². The Labute approximate surface area is 242 Å². The second kappa shape index (κ2) is 14.1. The molecule has 2 amide bonds. The van der Waals surface area contributed by atoms with Crippen LogP contribution in [0.1, 0.15) is 60.8 Å². The smallest absolute Gasteiger partial charge is 0.315 e. The van der Waals surface area contributed by atoms with Crippen molar-refractivity contribution in [3.63, 3.8) is 0 Å². The van der Waals surface area contributed by atoms with E-state index in [0.717, 1.165) is 59.3 Å². The van der Waals surface area contributed by atoms with E-state index in [9.17, 15) is 15.0 Å². The van der Waals surface area contributed by atoms with Crippen LogP contribution in [-0.4, -0.2) is 59.5 Å². The van der Waals surface area contributed by atoms with Crippen molar-refractivity contribution in [2.45, 2.75) is 63.9 Å². The number of carbonyl (C=O) groups excluding carboxylic acids is 1. The van der Waals surface area contributed by atoms with Gasteiger partial charge < -0.3 is 30.3 Å². The van der Waals surface area contributed by atoms with E-state index in [1.54, 1.807) is 0 Å². The molecule has 4 N–H and O–H groups in total. The van der Waals surface area contributed by atoms with Gasteiger partial charge in [0.2, 0.25) is 0 Å². The Kier molecular flexibility index (Phi) is 10.0. The van der Waals surface area contributed by atoms with Crippen LogP contribution in [0.4, 0.5) is 4.79 Å². The SMILES string of the molecule is CCNC(=O)NCc1ccccc1-c1ccc(C2OC(CN3CCCC3CO)CC(c3ccc(CO)cc3)O2)cc1. The average Bonchev–Trinajstić information content (AvgIpc) is 3.47. The van der Waals surface area contributed by atoms with Crippen molar-refractivity contribution >= 4 is 6.03 Å². The first-order chi connectivity index (χ1) is 20.1. The standard InChI is InChI=1S/C33H41N3O5/c1-2-34-33(39)35-19-27-6-3-4-8-30(27)24-13-15-26(16-14-24)32-40-29(20-36-17-5-7-28(36)22-38)18-31(41-32)25-11-9-23(21-37)10-12-25/h3-4,6,8-16,28-29,31-32,37-38H,2,5,7,17-22H2,1H3,(H2,34,35,39). The van der Waals surface area contributed by atoms with Crippen LogP contribution in [0.15, 0.2) is 72.8 Å². The van der Waals surface area contributed by atoms with Crippen LogP contribution in [0.3, 0.4) is 0 Å². The third-order valence-corrected chi connectivity index (χ3v) is 8.05. The van der Waals surface area contributed by atoms with Crippen molar-refractivity contribution in [1.29, 1.82) is 0 Å². The lowest BCUT2D eigenvalue weighted by atomic mass is 9.97. The fraction of sp³-hybridized carbons (Fsp3) is 0.424. The first-order valence-corrected chi connectivity index (χ1v) is 14.6. The molecule has 41 heavy (non-hydrogen) atoms. The molecule has 0 radical (unpaired) electrons. The van der Waals surface area contributed by atoms with Gasteiger partial charge in [-0.25, -0.2) is 4.79 Å². The molecule has 0 saturated carbocycles. The summed E-state index contributed by atoms with van der Waals surface area (Å²) in [5.41, 5.74) is 6.01. The first kappa shape index (κ1) is 29.2. The number of nitrogens with zero attached hydrogens (tertiary/aromatic N) is 1. The van der Waals surface area contributed by atoms with E-state index in [0.29, 0.717) is 19.5 Å². The molecular formula is C33H41N3O5. The number of aliphatic hydroxyl groups excluding tert-OH is 2. The highest BCUT2D eigenvalue weighted by molar-refractivity contribution is 5.74. The van der Waals surface area contributed by atoms with Gasteiger partial charge in [0.1, 0.15) is 0 Å². The fourth-order valence-electron chi connectivity index (χ4n) is 5.81. The molecule has 0 bridgehead atoms. The third-order valence-electron chi connectivity index (χ3n) is 8.05.